The second-order valence-corrected chi connectivity index (χ2v) is 9.27. The van der Waals surface area contributed by atoms with Crippen molar-refractivity contribution < 1.29 is 28.9 Å². The fourth-order valence-corrected chi connectivity index (χ4v) is 5.03. The lowest BCUT2D eigenvalue weighted by molar-refractivity contribution is -0.384. The molecule has 0 spiro atoms. The number of nitro benzene ring substituents is 1. The number of esters is 1. The Kier molecular flexibility index (Phi) is 6.29. The van der Waals surface area contributed by atoms with E-state index in [1.807, 2.05) is 0 Å². The van der Waals surface area contributed by atoms with E-state index in [0.717, 1.165) is 4.90 Å². The molecule has 2 saturated heterocycles. The summed E-state index contributed by atoms with van der Waals surface area (Å²) in [4.78, 5) is 57.7. The minimum atomic E-state index is -1.13. The maximum atomic E-state index is 13.7. The number of ether oxygens (including phenoxy) is 1. The van der Waals surface area contributed by atoms with E-state index < -0.39 is 40.8 Å². The molecule has 4 aromatic carbocycles. The summed E-state index contributed by atoms with van der Waals surface area (Å²) in [6.45, 7) is 0. The van der Waals surface area contributed by atoms with Crippen LogP contribution in [0.4, 0.5) is 17.1 Å². The maximum absolute atomic E-state index is 13.7. The molecule has 0 aromatic heterocycles. The molecule has 0 saturated carbocycles. The third-order valence-corrected chi connectivity index (χ3v) is 6.87. The molecule has 4 aromatic rings. The van der Waals surface area contributed by atoms with Crippen molar-refractivity contribution in [1.82, 2.24) is 0 Å². The number of nitro groups is 1. The molecule has 6 rings (SSSR count). The second kappa shape index (κ2) is 10.1. The smallest absolute Gasteiger partial charge is 0.343 e. The Bertz CT molecular complexity index is 1610. The normalized spacial score (nSPS) is 19.9. The van der Waals surface area contributed by atoms with Gasteiger partial charge in [0.1, 0.15) is 11.7 Å². The van der Waals surface area contributed by atoms with Gasteiger partial charge in [0.2, 0.25) is 5.91 Å². The van der Waals surface area contributed by atoms with Crippen molar-refractivity contribution in [3.05, 3.63) is 130 Å². The van der Waals surface area contributed by atoms with Crippen LogP contribution in [0.3, 0.4) is 0 Å². The van der Waals surface area contributed by atoms with Crippen LogP contribution in [0.15, 0.2) is 109 Å². The van der Waals surface area contributed by atoms with Gasteiger partial charge in [-0.3, -0.25) is 24.5 Å². The number of fused-ring (bicyclic) bond motifs is 1. The predicted molar refractivity (Wildman–Crippen MR) is 143 cm³/mol. The first kappa shape index (κ1) is 25.0. The van der Waals surface area contributed by atoms with Gasteiger partial charge >= 0.3 is 5.97 Å². The number of para-hydroxylation sites is 1. The lowest BCUT2D eigenvalue weighted by Crippen LogP contribution is -2.37. The molecule has 2 aliphatic heterocycles. The van der Waals surface area contributed by atoms with Crippen LogP contribution in [0.25, 0.3) is 0 Å². The summed E-state index contributed by atoms with van der Waals surface area (Å²) < 4.78 is 5.48. The number of nitrogens with zero attached hydrogens (tertiary/aromatic N) is 3. The number of anilines is 2. The lowest BCUT2D eigenvalue weighted by Gasteiger charge is -2.28. The lowest BCUT2D eigenvalue weighted by atomic mass is 9.90. The monoisotopic (exact) mass is 535 g/mol. The van der Waals surface area contributed by atoms with Gasteiger partial charge in [0.05, 0.1) is 27.9 Å². The maximum Gasteiger partial charge on any atom is 0.343 e. The Hall–Kier alpha value is -5.35. The number of rotatable bonds is 6. The van der Waals surface area contributed by atoms with Crippen molar-refractivity contribution >= 4 is 34.8 Å². The molecule has 2 amide bonds. The van der Waals surface area contributed by atoms with Gasteiger partial charge in [-0.15, -0.1) is 0 Å². The summed E-state index contributed by atoms with van der Waals surface area (Å²) in [5, 5.41) is 12.8. The van der Waals surface area contributed by atoms with Crippen molar-refractivity contribution in [2.24, 2.45) is 5.92 Å². The van der Waals surface area contributed by atoms with E-state index in [-0.39, 0.29) is 11.4 Å². The molecule has 0 unspecified atom stereocenters. The van der Waals surface area contributed by atoms with Crippen molar-refractivity contribution in [2.75, 3.05) is 9.96 Å². The predicted octanol–water partition coefficient (Wildman–Crippen LogP) is 4.87. The number of amides is 2. The average Bonchev–Trinajstić information content (AvgIpc) is 3.50. The number of hydroxylamine groups is 1. The molecule has 0 bridgehead atoms. The average molecular weight is 536 g/mol. The summed E-state index contributed by atoms with van der Waals surface area (Å²) in [6, 6.07) is 28.7. The molecule has 0 N–H and O–H groups in total. The fraction of sp³-hybridized carbons (Fsp3) is 0.100. The Balaban J connectivity index is 1.36. The van der Waals surface area contributed by atoms with Gasteiger partial charge in [-0.2, -0.15) is 0 Å². The molecule has 2 aliphatic rings. The quantitative estimate of drug-likeness (QED) is 0.113. The van der Waals surface area contributed by atoms with Gasteiger partial charge in [0.25, 0.3) is 11.6 Å². The summed E-state index contributed by atoms with van der Waals surface area (Å²) in [5.41, 5.74) is 1.57. The highest BCUT2D eigenvalue weighted by Gasteiger charge is 2.60. The van der Waals surface area contributed by atoms with Crippen LogP contribution >= 0.6 is 0 Å². The van der Waals surface area contributed by atoms with E-state index in [2.05, 4.69) is 0 Å². The molecular weight excluding hydrogens is 514 g/mol. The minimum Gasteiger partial charge on any atom is -0.423 e. The first-order chi connectivity index (χ1) is 19.4. The van der Waals surface area contributed by atoms with E-state index in [1.54, 1.807) is 91.0 Å². The van der Waals surface area contributed by atoms with Crippen LogP contribution in [-0.4, -0.2) is 28.8 Å². The zero-order chi connectivity index (χ0) is 27.8. The third kappa shape index (κ3) is 4.36. The van der Waals surface area contributed by atoms with Crippen molar-refractivity contribution in [3.63, 3.8) is 0 Å². The second-order valence-electron chi connectivity index (χ2n) is 9.27. The molecule has 198 valence electrons. The van der Waals surface area contributed by atoms with Gasteiger partial charge in [-0.1, -0.05) is 54.6 Å². The third-order valence-electron chi connectivity index (χ3n) is 6.87. The van der Waals surface area contributed by atoms with Crippen molar-refractivity contribution in [2.45, 2.75) is 12.1 Å². The largest absolute Gasteiger partial charge is 0.423 e. The van der Waals surface area contributed by atoms with Gasteiger partial charge in [-0.25, -0.2) is 14.8 Å². The molecule has 40 heavy (non-hydrogen) atoms. The molecule has 0 aliphatic carbocycles. The summed E-state index contributed by atoms with van der Waals surface area (Å²) in [5.74, 6) is -2.13. The van der Waals surface area contributed by atoms with E-state index in [0.29, 0.717) is 22.5 Å². The molecule has 3 atom stereocenters. The van der Waals surface area contributed by atoms with Crippen LogP contribution < -0.4 is 14.7 Å². The van der Waals surface area contributed by atoms with Gasteiger partial charge in [0, 0.05) is 12.1 Å². The standard InChI is InChI=1S/C30H21N3O7/c34-28-25-26(19-14-16-24(17-15-19)39-30(36)20-8-3-1-4-9-20)32(22-12-7-13-23(18-22)33(37)38)40-27(25)29(35)31(28)21-10-5-2-6-11-21/h1-18,25-27H/t25-,26+,27-/m0/s1. The molecular formula is C30H21N3O7. The first-order valence-electron chi connectivity index (χ1n) is 12.4. The van der Waals surface area contributed by atoms with Crippen LogP contribution in [0.2, 0.25) is 0 Å². The Morgan fingerprint density at radius 1 is 0.800 bits per heavy atom. The number of non-ortho nitro benzene ring substituents is 1. The Morgan fingerprint density at radius 3 is 2.12 bits per heavy atom. The zero-order valence-corrected chi connectivity index (χ0v) is 20.8. The highest BCUT2D eigenvalue weighted by Crippen LogP contribution is 2.48. The van der Waals surface area contributed by atoms with Gasteiger partial charge < -0.3 is 4.74 Å². The summed E-state index contributed by atoms with van der Waals surface area (Å²) in [7, 11) is 0. The SMILES string of the molecule is O=C(Oc1ccc([C@@H]2[C@@H]3C(=O)N(c4ccccc4)C(=O)[C@H]3ON2c2cccc([N+](=O)[O-])c2)cc1)c1ccccc1. The van der Waals surface area contributed by atoms with E-state index in [9.17, 15) is 24.5 Å². The Morgan fingerprint density at radius 2 is 1.45 bits per heavy atom. The summed E-state index contributed by atoms with van der Waals surface area (Å²) in [6.07, 6.45) is -1.13. The molecule has 2 fully saturated rings. The number of hydrogen-bond donors (Lipinski definition) is 0. The number of carbonyl (C=O) groups is 3. The van der Waals surface area contributed by atoms with Crippen LogP contribution in [0.1, 0.15) is 22.0 Å². The molecule has 10 heteroatoms. The van der Waals surface area contributed by atoms with Gasteiger partial charge in [-0.05, 0) is 48.0 Å². The number of carbonyl (C=O) groups excluding carboxylic acids is 3. The highest BCUT2D eigenvalue weighted by atomic mass is 16.7. The van der Waals surface area contributed by atoms with Crippen molar-refractivity contribution in [1.29, 1.82) is 0 Å². The van der Waals surface area contributed by atoms with E-state index in [4.69, 9.17) is 9.57 Å². The highest BCUT2D eigenvalue weighted by molar-refractivity contribution is 6.23. The van der Waals surface area contributed by atoms with E-state index >= 15 is 0 Å². The van der Waals surface area contributed by atoms with Crippen LogP contribution in [0, 0.1) is 16.0 Å². The van der Waals surface area contributed by atoms with Crippen LogP contribution in [0.5, 0.6) is 5.75 Å². The van der Waals surface area contributed by atoms with E-state index in [1.165, 1.54) is 23.3 Å². The molecule has 10 nitrogen and oxygen atoms in total. The minimum absolute atomic E-state index is 0.163. The molecule has 2 heterocycles. The van der Waals surface area contributed by atoms with Crippen LogP contribution in [-0.2, 0) is 14.4 Å². The first-order valence-corrected chi connectivity index (χ1v) is 12.4. The number of imide groups is 1. The Labute approximate surface area is 228 Å². The number of hydrogen-bond acceptors (Lipinski definition) is 8. The summed E-state index contributed by atoms with van der Waals surface area (Å²) >= 11 is 0. The molecule has 0 radical (unpaired) electrons. The number of benzene rings is 4. The fourth-order valence-electron chi connectivity index (χ4n) is 5.03. The topological polar surface area (TPSA) is 119 Å². The zero-order valence-electron chi connectivity index (χ0n) is 20.8. The van der Waals surface area contributed by atoms with Gasteiger partial charge in [0.15, 0.2) is 6.10 Å². The van der Waals surface area contributed by atoms with Crippen molar-refractivity contribution in [3.8, 4) is 5.75 Å².